The molecule has 6 heteroatoms. The first-order chi connectivity index (χ1) is 8.61. The third-order valence-corrected chi connectivity index (χ3v) is 3.54. The molecule has 0 aliphatic rings. The summed E-state index contributed by atoms with van der Waals surface area (Å²) in [6.45, 7) is 0. The van der Waals surface area contributed by atoms with Gasteiger partial charge in [0.15, 0.2) is 10.6 Å². The lowest BCUT2D eigenvalue weighted by Gasteiger charge is -2.07. The molecule has 0 unspecified atom stereocenters. The Bertz CT molecular complexity index is 580. The second-order valence-corrected chi connectivity index (χ2v) is 5.04. The molecule has 0 atom stereocenters. The zero-order valence-corrected chi connectivity index (χ0v) is 11.6. The molecular formula is C12H8Cl2O3S. The third kappa shape index (κ3) is 2.77. The van der Waals surface area contributed by atoms with Gasteiger partial charge < -0.3 is 9.47 Å². The van der Waals surface area contributed by atoms with Gasteiger partial charge in [-0.3, -0.25) is 0 Å². The summed E-state index contributed by atoms with van der Waals surface area (Å²) in [4.78, 5) is 11.9. The standard InChI is InChI=1S/C12H8Cl2O3S/c1-16-12(15)11-9(4-5-18-11)17-10-6-7(13)2-3-8(10)14/h2-6H,1H3. The number of benzene rings is 1. The van der Waals surface area contributed by atoms with Gasteiger partial charge in [0.1, 0.15) is 5.75 Å². The van der Waals surface area contributed by atoms with Crippen LogP contribution in [0.2, 0.25) is 10.0 Å². The maximum Gasteiger partial charge on any atom is 0.351 e. The molecule has 0 fully saturated rings. The van der Waals surface area contributed by atoms with Crippen molar-refractivity contribution in [1.29, 1.82) is 0 Å². The van der Waals surface area contributed by atoms with E-state index in [0.29, 0.717) is 26.4 Å². The molecule has 94 valence electrons. The van der Waals surface area contributed by atoms with E-state index in [-0.39, 0.29) is 0 Å². The maximum absolute atomic E-state index is 11.5. The van der Waals surface area contributed by atoms with E-state index in [4.69, 9.17) is 27.9 Å². The summed E-state index contributed by atoms with van der Waals surface area (Å²) >= 11 is 13.1. The molecule has 0 amide bonds. The largest absolute Gasteiger partial charge is 0.465 e. The molecular weight excluding hydrogens is 295 g/mol. The van der Waals surface area contributed by atoms with Crippen molar-refractivity contribution < 1.29 is 14.3 Å². The van der Waals surface area contributed by atoms with Crippen LogP contribution in [0.5, 0.6) is 11.5 Å². The zero-order valence-electron chi connectivity index (χ0n) is 9.28. The summed E-state index contributed by atoms with van der Waals surface area (Å²) in [5.41, 5.74) is 0. The fourth-order valence-corrected chi connectivity index (χ4v) is 2.34. The average Bonchev–Trinajstić information content (AvgIpc) is 2.81. The minimum absolute atomic E-state index is 0.383. The molecule has 0 saturated carbocycles. The molecule has 1 aromatic carbocycles. The average molecular weight is 303 g/mol. The molecule has 0 radical (unpaired) electrons. The van der Waals surface area contributed by atoms with Gasteiger partial charge in [0.25, 0.3) is 0 Å². The first kappa shape index (κ1) is 13.2. The summed E-state index contributed by atoms with van der Waals surface area (Å²) in [6.07, 6.45) is 0. The minimum Gasteiger partial charge on any atom is -0.465 e. The normalized spacial score (nSPS) is 10.2. The van der Waals surface area contributed by atoms with Gasteiger partial charge in [0.2, 0.25) is 0 Å². The van der Waals surface area contributed by atoms with Gasteiger partial charge in [-0.1, -0.05) is 23.2 Å². The Labute approximate surface area is 118 Å². The topological polar surface area (TPSA) is 35.5 Å². The zero-order chi connectivity index (χ0) is 13.1. The Morgan fingerprint density at radius 2 is 2.00 bits per heavy atom. The van der Waals surface area contributed by atoms with Crippen molar-refractivity contribution in [2.24, 2.45) is 0 Å². The summed E-state index contributed by atoms with van der Waals surface area (Å²) in [7, 11) is 1.32. The first-order valence-electron chi connectivity index (χ1n) is 4.90. The SMILES string of the molecule is COC(=O)c1sccc1Oc1cc(Cl)ccc1Cl. The second-order valence-electron chi connectivity index (χ2n) is 3.28. The van der Waals surface area contributed by atoms with Crippen molar-refractivity contribution in [3.05, 3.63) is 44.6 Å². The molecule has 0 N–H and O–H groups in total. The van der Waals surface area contributed by atoms with E-state index in [0.717, 1.165) is 0 Å². The van der Waals surface area contributed by atoms with Crippen LogP contribution in [0.25, 0.3) is 0 Å². The van der Waals surface area contributed by atoms with E-state index in [1.165, 1.54) is 18.4 Å². The predicted octanol–water partition coefficient (Wildman–Crippen LogP) is 4.63. The van der Waals surface area contributed by atoms with Crippen molar-refractivity contribution in [1.82, 2.24) is 0 Å². The van der Waals surface area contributed by atoms with Gasteiger partial charge >= 0.3 is 5.97 Å². The van der Waals surface area contributed by atoms with Crippen LogP contribution < -0.4 is 4.74 Å². The molecule has 3 nitrogen and oxygen atoms in total. The lowest BCUT2D eigenvalue weighted by atomic mass is 10.3. The predicted molar refractivity (Wildman–Crippen MR) is 72.2 cm³/mol. The fraction of sp³-hybridized carbons (Fsp3) is 0.0833. The number of carbonyl (C=O) groups excluding carboxylic acids is 1. The molecule has 0 spiro atoms. The van der Waals surface area contributed by atoms with Gasteiger partial charge in [-0.15, -0.1) is 11.3 Å². The Morgan fingerprint density at radius 1 is 1.22 bits per heavy atom. The molecule has 0 aliphatic heterocycles. The van der Waals surface area contributed by atoms with E-state index in [2.05, 4.69) is 4.74 Å². The van der Waals surface area contributed by atoms with E-state index in [1.54, 1.807) is 29.6 Å². The highest BCUT2D eigenvalue weighted by atomic mass is 35.5. The minimum atomic E-state index is -0.446. The van der Waals surface area contributed by atoms with Gasteiger partial charge in [-0.2, -0.15) is 0 Å². The van der Waals surface area contributed by atoms with E-state index >= 15 is 0 Å². The van der Waals surface area contributed by atoms with Crippen molar-refractivity contribution in [2.75, 3.05) is 7.11 Å². The van der Waals surface area contributed by atoms with Gasteiger partial charge in [0, 0.05) is 11.1 Å². The van der Waals surface area contributed by atoms with Crippen LogP contribution in [-0.2, 0) is 4.74 Å². The second kappa shape index (κ2) is 5.61. The van der Waals surface area contributed by atoms with E-state index in [9.17, 15) is 4.79 Å². The summed E-state index contributed by atoms with van der Waals surface area (Å²) in [5, 5.41) is 2.66. The van der Waals surface area contributed by atoms with Crippen LogP contribution in [0.1, 0.15) is 9.67 Å². The van der Waals surface area contributed by atoms with Crippen molar-refractivity contribution in [3.63, 3.8) is 0 Å². The lowest BCUT2D eigenvalue weighted by Crippen LogP contribution is -2.00. The molecule has 18 heavy (non-hydrogen) atoms. The number of carbonyl (C=O) groups is 1. The van der Waals surface area contributed by atoms with Crippen molar-refractivity contribution >= 4 is 40.5 Å². The summed E-state index contributed by atoms with van der Waals surface area (Å²) in [5.74, 6) is 0.349. The van der Waals surface area contributed by atoms with Crippen LogP contribution >= 0.6 is 34.5 Å². The van der Waals surface area contributed by atoms with E-state index < -0.39 is 5.97 Å². The Hall–Kier alpha value is -1.23. The van der Waals surface area contributed by atoms with Crippen LogP contribution in [0.15, 0.2) is 29.6 Å². The Kier molecular flexibility index (Phi) is 4.11. The monoisotopic (exact) mass is 302 g/mol. The number of rotatable bonds is 3. The fourth-order valence-electron chi connectivity index (χ4n) is 1.29. The van der Waals surface area contributed by atoms with Crippen LogP contribution in [-0.4, -0.2) is 13.1 Å². The third-order valence-electron chi connectivity index (χ3n) is 2.11. The number of esters is 1. The maximum atomic E-state index is 11.5. The lowest BCUT2D eigenvalue weighted by molar-refractivity contribution is 0.0604. The van der Waals surface area contributed by atoms with Gasteiger partial charge in [-0.25, -0.2) is 4.79 Å². The van der Waals surface area contributed by atoms with Crippen LogP contribution in [0.4, 0.5) is 0 Å². The van der Waals surface area contributed by atoms with Crippen LogP contribution in [0, 0.1) is 0 Å². The van der Waals surface area contributed by atoms with Crippen molar-refractivity contribution in [3.8, 4) is 11.5 Å². The quantitative estimate of drug-likeness (QED) is 0.775. The molecule has 2 aromatic rings. The highest BCUT2D eigenvalue weighted by Crippen LogP contribution is 2.35. The number of thiophene rings is 1. The summed E-state index contributed by atoms with van der Waals surface area (Å²) in [6, 6.07) is 6.55. The smallest absolute Gasteiger partial charge is 0.351 e. The Morgan fingerprint density at radius 3 is 2.72 bits per heavy atom. The molecule has 1 heterocycles. The number of hydrogen-bond acceptors (Lipinski definition) is 4. The molecule has 1 aromatic heterocycles. The van der Waals surface area contributed by atoms with Crippen LogP contribution in [0.3, 0.4) is 0 Å². The molecule has 0 saturated heterocycles. The highest BCUT2D eigenvalue weighted by molar-refractivity contribution is 7.12. The summed E-state index contributed by atoms with van der Waals surface area (Å²) < 4.78 is 10.2. The first-order valence-corrected chi connectivity index (χ1v) is 6.54. The highest BCUT2D eigenvalue weighted by Gasteiger charge is 2.16. The van der Waals surface area contributed by atoms with Crippen molar-refractivity contribution in [2.45, 2.75) is 0 Å². The number of ether oxygens (including phenoxy) is 2. The van der Waals surface area contributed by atoms with Gasteiger partial charge in [-0.05, 0) is 23.6 Å². The molecule has 0 aliphatic carbocycles. The molecule has 0 bridgehead atoms. The molecule has 2 rings (SSSR count). The number of halogens is 2. The number of hydrogen-bond donors (Lipinski definition) is 0. The Balaban J connectivity index is 2.32. The van der Waals surface area contributed by atoms with Gasteiger partial charge in [0.05, 0.1) is 12.1 Å². The number of methoxy groups -OCH3 is 1. The van der Waals surface area contributed by atoms with E-state index in [1.807, 2.05) is 0 Å².